The predicted octanol–water partition coefficient (Wildman–Crippen LogP) is 2.87. The molecular weight excluding hydrogens is 470 g/mol. The van der Waals surface area contributed by atoms with E-state index in [-0.39, 0.29) is 35.5 Å². The number of piperidine rings is 1. The maximum absolute atomic E-state index is 13.1. The highest BCUT2D eigenvalue weighted by molar-refractivity contribution is 7.89. The van der Waals surface area contributed by atoms with Gasteiger partial charge in [0, 0.05) is 50.1 Å². The van der Waals surface area contributed by atoms with Crippen LogP contribution < -0.4 is 5.32 Å². The number of aryl methyl sites for hydroxylation is 1. The Labute approximate surface area is 203 Å². The summed E-state index contributed by atoms with van der Waals surface area (Å²) >= 11 is 0. The SMILES string of the molecule is Cc1ccc([N+](=O)[O-])cc1S(=O)(=O)N1CCC(C(=O)NCc2ccccc2Cn2cccn2)CC1. The molecule has 0 atom stereocenters. The maximum atomic E-state index is 13.1. The van der Waals surface area contributed by atoms with Crippen LogP contribution in [0.15, 0.2) is 65.8 Å². The van der Waals surface area contributed by atoms with Crippen LogP contribution in [0.3, 0.4) is 0 Å². The average molecular weight is 498 g/mol. The molecule has 1 saturated heterocycles. The van der Waals surface area contributed by atoms with Crippen molar-refractivity contribution in [2.75, 3.05) is 13.1 Å². The molecule has 184 valence electrons. The van der Waals surface area contributed by atoms with Crippen molar-refractivity contribution in [3.63, 3.8) is 0 Å². The highest BCUT2D eigenvalue weighted by atomic mass is 32.2. The van der Waals surface area contributed by atoms with Gasteiger partial charge in [-0.1, -0.05) is 30.3 Å². The lowest BCUT2D eigenvalue weighted by Crippen LogP contribution is -2.43. The van der Waals surface area contributed by atoms with Crippen molar-refractivity contribution in [3.8, 4) is 0 Å². The smallest absolute Gasteiger partial charge is 0.270 e. The third-order valence-corrected chi connectivity index (χ3v) is 8.33. The van der Waals surface area contributed by atoms with Crippen LogP contribution in [-0.4, -0.2) is 46.4 Å². The number of nitrogens with zero attached hydrogens (tertiary/aromatic N) is 4. The predicted molar refractivity (Wildman–Crippen MR) is 129 cm³/mol. The minimum absolute atomic E-state index is 0.0663. The summed E-state index contributed by atoms with van der Waals surface area (Å²) in [6.07, 6.45) is 4.37. The molecule has 0 aliphatic carbocycles. The molecule has 1 N–H and O–H groups in total. The van der Waals surface area contributed by atoms with Crippen LogP contribution in [-0.2, 0) is 27.9 Å². The van der Waals surface area contributed by atoms with Crippen molar-refractivity contribution in [3.05, 3.63) is 87.7 Å². The number of rotatable bonds is 8. The Morgan fingerprint density at radius 1 is 1.14 bits per heavy atom. The van der Waals surface area contributed by atoms with E-state index in [9.17, 15) is 23.3 Å². The van der Waals surface area contributed by atoms with Crippen molar-refractivity contribution in [2.24, 2.45) is 5.92 Å². The zero-order valence-electron chi connectivity index (χ0n) is 19.3. The topological polar surface area (TPSA) is 127 Å². The van der Waals surface area contributed by atoms with E-state index in [1.807, 2.05) is 41.2 Å². The number of nitro benzene ring substituents is 1. The number of aromatic nitrogens is 2. The lowest BCUT2D eigenvalue weighted by Gasteiger charge is -2.31. The summed E-state index contributed by atoms with van der Waals surface area (Å²) in [5.41, 5.74) is 2.24. The van der Waals surface area contributed by atoms with Crippen LogP contribution in [0.25, 0.3) is 0 Å². The Balaban J connectivity index is 1.36. The van der Waals surface area contributed by atoms with Gasteiger partial charge in [0.25, 0.3) is 5.69 Å². The zero-order chi connectivity index (χ0) is 25.0. The first-order valence-electron chi connectivity index (χ1n) is 11.3. The number of nitrogens with one attached hydrogen (secondary N) is 1. The number of carbonyl (C=O) groups excluding carboxylic acids is 1. The van der Waals surface area contributed by atoms with E-state index in [2.05, 4.69) is 10.4 Å². The number of benzene rings is 2. The third kappa shape index (κ3) is 5.57. The van der Waals surface area contributed by atoms with Crippen LogP contribution in [0.2, 0.25) is 0 Å². The number of hydrogen-bond acceptors (Lipinski definition) is 6. The van der Waals surface area contributed by atoms with Crippen LogP contribution in [0.5, 0.6) is 0 Å². The molecule has 0 bridgehead atoms. The summed E-state index contributed by atoms with van der Waals surface area (Å²) in [5, 5.41) is 18.3. The molecule has 10 nitrogen and oxygen atoms in total. The number of sulfonamides is 1. The quantitative estimate of drug-likeness (QED) is 0.377. The highest BCUT2D eigenvalue weighted by Crippen LogP contribution is 2.28. The fourth-order valence-electron chi connectivity index (χ4n) is 4.26. The summed E-state index contributed by atoms with van der Waals surface area (Å²) in [7, 11) is -3.89. The molecule has 2 heterocycles. The zero-order valence-corrected chi connectivity index (χ0v) is 20.1. The molecule has 1 fully saturated rings. The van der Waals surface area contributed by atoms with Gasteiger partial charge >= 0.3 is 0 Å². The van der Waals surface area contributed by atoms with Gasteiger partial charge < -0.3 is 5.32 Å². The van der Waals surface area contributed by atoms with Crippen LogP contribution >= 0.6 is 0 Å². The number of amides is 1. The Morgan fingerprint density at radius 2 is 1.86 bits per heavy atom. The molecule has 2 aromatic carbocycles. The molecule has 0 unspecified atom stereocenters. The lowest BCUT2D eigenvalue weighted by atomic mass is 9.97. The Kier molecular flexibility index (Phi) is 7.27. The van der Waals surface area contributed by atoms with Crippen molar-refractivity contribution < 1.29 is 18.1 Å². The van der Waals surface area contributed by atoms with Crippen molar-refractivity contribution >= 4 is 21.6 Å². The first-order valence-corrected chi connectivity index (χ1v) is 12.8. The highest BCUT2D eigenvalue weighted by Gasteiger charge is 2.33. The molecule has 1 aromatic heterocycles. The normalized spacial score (nSPS) is 15.1. The van der Waals surface area contributed by atoms with Crippen LogP contribution in [0.1, 0.15) is 29.5 Å². The Hall–Kier alpha value is -3.57. The van der Waals surface area contributed by atoms with Gasteiger partial charge in [0.1, 0.15) is 0 Å². The molecule has 1 aliphatic rings. The number of nitro groups is 1. The number of hydrogen-bond donors (Lipinski definition) is 1. The summed E-state index contributed by atoms with van der Waals surface area (Å²) in [6.45, 7) is 2.95. The molecule has 0 radical (unpaired) electrons. The Bertz CT molecular complexity index is 1320. The molecule has 11 heteroatoms. The van der Waals surface area contributed by atoms with Gasteiger partial charge in [-0.2, -0.15) is 9.40 Å². The molecule has 0 saturated carbocycles. The van der Waals surface area contributed by atoms with Gasteiger partial charge in [0.15, 0.2) is 0 Å². The van der Waals surface area contributed by atoms with E-state index in [4.69, 9.17) is 0 Å². The third-order valence-electron chi connectivity index (χ3n) is 6.29. The van der Waals surface area contributed by atoms with Gasteiger partial charge in [0.05, 0.1) is 16.4 Å². The van der Waals surface area contributed by atoms with E-state index < -0.39 is 14.9 Å². The molecule has 4 rings (SSSR count). The standard InChI is InChI=1S/C24H27N5O5S/c1-18-7-8-22(29(31)32)15-23(18)35(33,34)28-13-9-19(10-14-28)24(30)25-16-20-5-2-3-6-21(20)17-27-12-4-11-26-27/h2-8,11-12,15,19H,9-10,13-14,16-17H2,1H3,(H,25,30). The van der Waals surface area contributed by atoms with E-state index >= 15 is 0 Å². The first kappa shape index (κ1) is 24.6. The van der Waals surface area contributed by atoms with Gasteiger partial charge in [0.2, 0.25) is 15.9 Å². The average Bonchev–Trinajstić information content (AvgIpc) is 3.36. The van der Waals surface area contributed by atoms with Crippen molar-refractivity contribution in [1.82, 2.24) is 19.4 Å². The van der Waals surface area contributed by atoms with Crippen molar-refractivity contribution in [2.45, 2.75) is 37.8 Å². The second kappa shape index (κ2) is 10.4. The van der Waals surface area contributed by atoms with E-state index in [0.717, 1.165) is 17.2 Å². The minimum Gasteiger partial charge on any atom is -0.352 e. The molecule has 1 amide bonds. The lowest BCUT2D eigenvalue weighted by molar-refractivity contribution is -0.385. The van der Waals surface area contributed by atoms with E-state index in [1.54, 1.807) is 13.1 Å². The van der Waals surface area contributed by atoms with E-state index in [1.165, 1.54) is 16.4 Å². The molecule has 3 aromatic rings. The summed E-state index contributed by atoms with van der Waals surface area (Å²) in [6, 6.07) is 13.5. The first-order chi connectivity index (χ1) is 16.8. The van der Waals surface area contributed by atoms with Gasteiger partial charge in [-0.05, 0) is 42.5 Å². The van der Waals surface area contributed by atoms with Gasteiger partial charge in [-0.3, -0.25) is 19.6 Å². The van der Waals surface area contributed by atoms with Gasteiger partial charge in [-0.15, -0.1) is 0 Å². The second-order valence-electron chi connectivity index (χ2n) is 8.58. The monoisotopic (exact) mass is 497 g/mol. The van der Waals surface area contributed by atoms with Crippen LogP contribution in [0.4, 0.5) is 5.69 Å². The fraction of sp³-hybridized carbons (Fsp3) is 0.333. The van der Waals surface area contributed by atoms with Crippen LogP contribution in [0, 0.1) is 23.0 Å². The molecule has 0 spiro atoms. The maximum Gasteiger partial charge on any atom is 0.270 e. The molecule has 35 heavy (non-hydrogen) atoms. The number of non-ortho nitro benzene ring substituents is 1. The second-order valence-corrected chi connectivity index (χ2v) is 10.5. The summed E-state index contributed by atoms with van der Waals surface area (Å²) in [4.78, 5) is 23.3. The van der Waals surface area contributed by atoms with Crippen molar-refractivity contribution in [1.29, 1.82) is 0 Å². The van der Waals surface area contributed by atoms with Gasteiger partial charge in [-0.25, -0.2) is 8.42 Å². The largest absolute Gasteiger partial charge is 0.352 e. The summed E-state index contributed by atoms with van der Waals surface area (Å²) < 4.78 is 29.4. The fourth-order valence-corrected chi connectivity index (χ4v) is 5.97. The minimum atomic E-state index is -3.89. The Morgan fingerprint density at radius 3 is 2.51 bits per heavy atom. The number of carbonyl (C=O) groups is 1. The molecular formula is C24H27N5O5S. The van der Waals surface area contributed by atoms with E-state index in [0.29, 0.717) is 31.5 Å². The molecule has 1 aliphatic heterocycles. The summed E-state index contributed by atoms with van der Waals surface area (Å²) in [5.74, 6) is -0.409.